The summed E-state index contributed by atoms with van der Waals surface area (Å²) in [6.45, 7) is 17.7. The molecule has 2 nitrogen and oxygen atoms in total. The molecule has 1 rings (SSSR count). The summed E-state index contributed by atoms with van der Waals surface area (Å²) in [7, 11) is -1.59. The van der Waals surface area contributed by atoms with Gasteiger partial charge in [-0.2, -0.15) is 0 Å². The first-order chi connectivity index (χ1) is 9.02. The van der Waals surface area contributed by atoms with Crippen molar-refractivity contribution in [2.45, 2.75) is 72.6 Å². The third-order valence-corrected chi connectivity index (χ3v) is 3.73. The van der Waals surface area contributed by atoms with E-state index in [1.54, 1.807) is 0 Å². The van der Waals surface area contributed by atoms with E-state index < -0.39 is 8.32 Å². The zero-order valence-corrected chi connectivity index (χ0v) is 15.5. The van der Waals surface area contributed by atoms with Crippen LogP contribution in [0.1, 0.15) is 47.5 Å². The highest BCUT2D eigenvalue weighted by Crippen LogP contribution is 2.29. The second-order valence-electron chi connectivity index (χ2n) is 7.64. The summed E-state index contributed by atoms with van der Waals surface area (Å²) in [6.07, 6.45) is 6.78. The van der Waals surface area contributed by atoms with Gasteiger partial charge in [0, 0.05) is 5.54 Å². The van der Waals surface area contributed by atoms with Crippen molar-refractivity contribution in [1.82, 2.24) is 5.32 Å². The summed E-state index contributed by atoms with van der Waals surface area (Å²) in [5.74, 6) is 1.02. The fourth-order valence-corrected chi connectivity index (χ4v) is 3.00. The topological polar surface area (TPSA) is 21.3 Å². The van der Waals surface area contributed by atoms with Crippen LogP contribution >= 0.6 is 0 Å². The molecular weight excluding hydrogens is 262 g/mol. The molecular formula is C17H31NOSi. The van der Waals surface area contributed by atoms with Crippen LogP contribution in [0, 0.1) is 0 Å². The highest BCUT2D eigenvalue weighted by Gasteiger charge is 2.25. The van der Waals surface area contributed by atoms with Crippen LogP contribution in [0.4, 0.5) is 0 Å². The predicted molar refractivity (Wildman–Crippen MR) is 91.1 cm³/mol. The minimum absolute atomic E-state index is 0.0435. The first-order valence-corrected chi connectivity index (χ1v) is 11.0. The number of allylic oxidation sites excluding steroid dienone is 4. The summed E-state index contributed by atoms with van der Waals surface area (Å²) in [5.41, 5.74) is 3.93. The predicted octanol–water partition coefficient (Wildman–Crippen LogP) is 5.12. The minimum atomic E-state index is -1.59. The zero-order chi connectivity index (χ0) is 15.6. The van der Waals surface area contributed by atoms with E-state index in [2.05, 4.69) is 71.7 Å². The monoisotopic (exact) mass is 293 g/mol. The average molecular weight is 294 g/mol. The van der Waals surface area contributed by atoms with Crippen molar-refractivity contribution in [3.63, 3.8) is 0 Å². The van der Waals surface area contributed by atoms with Crippen LogP contribution in [0.15, 0.2) is 34.8 Å². The Hall–Kier alpha value is -0.963. The van der Waals surface area contributed by atoms with Gasteiger partial charge in [0.25, 0.3) is 0 Å². The van der Waals surface area contributed by atoms with Gasteiger partial charge in [-0.25, -0.2) is 0 Å². The minimum Gasteiger partial charge on any atom is -0.543 e. The number of hydrogen-bond donors (Lipinski definition) is 1. The van der Waals surface area contributed by atoms with Gasteiger partial charge in [-0.1, -0.05) is 18.9 Å². The lowest BCUT2D eigenvalue weighted by molar-refractivity contribution is 0.399. The van der Waals surface area contributed by atoms with E-state index in [-0.39, 0.29) is 5.54 Å². The molecule has 0 unspecified atom stereocenters. The smallest absolute Gasteiger partial charge is 0.242 e. The first kappa shape index (κ1) is 17.1. The molecule has 0 heterocycles. The lowest BCUT2D eigenvalue weighted by Crippen LogP contribution is -2.37. The molecule has 0 saturated carbocycles. The molecule has 0 aromatic heterocycles. The Bertz CT molecular complexity index is 411. The lowest BCUT2D eigenvalue weighted by atomic mass is 10.1. The van der Waals surface area contributed by atoms with E-state index in [1.807, 2.05) is 0 Å². The fourth-order valence-electron chi connectivity index (χ4n) is 2.17. The molecule has 1 aliphatic carbocycles. The number of nitrogens with one attached hydrogen (secondary N) is 1. The van der Waals surface area contributed by atoms with Crippen molar-refractivity contribution in [2.75, 3.05) is 0 Å². The second kappa shape index (κ2) is 6.21. The van der Waals surface area contributed by atoms with Crippen LogP contribution in [0.3, 0.4) is 0 Å². The first-order valence-electron chi connectivity index (χ1n) is 7.62. The largest absolute Gasteiger partial charge is 0.543 e. The Morgan fingerprint density at radius 3 is 2.25 bits per heavy atom. The van der Waals surface area contributed by atoms with Gasteiger partial charge in [0.2, 0.25) is 8.32 Å². The summed E-state index contributed by atoms with van der Waals surface area (Å²) < 4.78 is 6.25. The van der Waals surface area contributed by atoms with E-state index >= 15 is 0 Å². The van der Waals surface area contributed by atoms with Gasteiger partial charge in [0.05, 0.1) is 5.70 Å². The molecule has 0 aromatic rings. The maximum absolute atomic E-state index is 6.25. The molecule has 0 amide bonds. The normalized spacial score (nSPS) is 18.6. The summed E-state index contributed by atoms with van der Waals surface area (Å²) in [5, 5.41) is 3.57. The SMILES string of the molecule is CCCC(C)=C1C=C(NC(C)(C)C)C(O[Si](C)(C)C)=C1. The molecule has 3 heteroatoms. The summed E-state index contributed by atoms with van der Waals surface area (Å²) >= 11 is 0. The molecule has 0 fully saturated rings. The van der Waals surface area contributed by atoms with Crippen molar-refractivity contribution in [3.8, 4) is 0 Å². The zero-order valence-electron chi connectivity index (χ0n) is 14.5. The van der Waals surface area contributed by atoms with Crippen molar-refractivity contribution in [3.05, 3.63) is 34.8 Å². The van der Waals surface area contributed by atoms with Crippen molar-refractivity contribution >= 4 is 8.32 Å². The fraction of sp³-hybridized carbons (Fsp3) is 0.647. The van der Waals surface area contributed by atoms with Gasteiger partial charge in [0.15, 0.2) is 0 Å². The van der Waals surface area contributed by atoms with Crippen LogP contribution in [0.2, 0.25) is 19.6 Å². The summed E-state index contributed by atoms with van der Waals surface area (Å²) in [6, 6.07) is 0. The highest BCUT2D eigenvalue weighted by atomic mass is 28.4. The molecule has 0 aromatic carbocycles. The van der Waals surface area contributed by atoms with Gasteiger partial charge in [-0.05, 0) is 71.5 Å². The Labute approximate surface area is 126 Å². The van der Waals surface area contributed by atoms with Gasteiger partial charge in [0.1, 0.15) is 5.76 Å². The van der Waals surface area contributed by atoms with Gasteiger partial charge in [-0.15, -0.1) is 0 Å². The number of rotatable bonds is 5. The lowest BCUT2D eigenvalue weighted by Gasteiger charge is -2.27. The van der Waals surface area contributed by atoms with E-state index in [1.165, 1.54) is 17.6 Å². The van der Waals surface area contributed by atoms with E-state index in [9.17, 15) is 0 Å². The molecule has 20 heavy (non-hydrogen) atoms. The van der Waals surface area contributed by atoms with Crippen molar-refractivity contribution < 1.29 is 4.43 Å². The highest BCUT2D eigenvalue weighted by molar-refractivity contribution is 6.70. The van der Waals surface area contributed by atoms with Gasteiger partial charge >= 0.3 is 0 Å². The Morgan fingerprint density at radius 2 is 1.80 bits per heavy atom. The Kier molecular flexibility index (Phi) is 5.31. The van der Waals surface area contributed by atoms with Crippen LogP contribution in [0.5, 0.6) is 0 Å². The maximum Gasteiger partial charge on any atom is 0.242 e. The molecule has 0 radical (unpaired) electrons. The molecule has 0 saturated heterocycles. The van der Waals surface area contributed by atoms with Gasteiger partial charge < -0.3 is 9.74 Å². The molecule has 0 atom stereocenters. The average Bonchev–Trinajstić information content (AvgIpc) is 2.57. The second-order valence-corrected chi connectivity index (χ2v) is 12.1. The van der Waals surface area contributed by atoms with E-state index in [4.69, 9.17) is 4.43 Å². The van der Waals surface area contributed by atoms with Gasteiger partial charge in [-0.3, -0.25) is 0 Å². The van der Waals surface area contributed by atoms with Crippen LogP contribution < -0.4 is 5.32 Å². The third-order valence-electron chi connectivity index (χ3n) is 2.90. The summed E-state index contributed by atoms with van der Waals surface area (Å²) in [4.78, 5) is 0. The molecule has 114 valence electrons. The third kappa shape index (κ3) is 5.57. The van der Waals surface area contributed by atoms with E-state index in [0.29, 0.717) is 0 Å². The van der Waals surface area contributed by atoms with E-state index in [0.717, 1.165) is 17.9 Å². The van der Waals surface area contributed by atoms with Crippen LogP contribution in [-0.4, -0.2) is 13.9 Å². The van der Waals surface area contributed by atoms with Crippen LogP contribution in [-0.2, 0) is 4.43 Å². The molecule has 0 spiro atoms. The Balaban J connectivity index is 3.07. The van der Waals surface area contributed by atoms with Crippen molar-refractivity contribution in [1.29, 1.82) is 0 Å². The molecule has 1 N–H and O–H groups in total. The molecule has 0 aliphatic heterocycles. The van der Waals surface area contributed by atoms with Crippen LogP contribution in [0.25, 0.3) is 0 Å². The standard InChI is InChI=1S/C17H31NOSi/c1-9-10-13(2)14-11-15(18-17(3,4)5)16(12-14)19-20(6,7)8/h11-12,18H,9-10H2,1-8H3. The molecule has 0 bridgehead atoms. The quantitative estimate of drug-likeness (QED) is 0.710. The number of hydrogen-bond acceptors (Lipinski definition) is 2. The maximum atomic E-state index is 6.25. The van der Waals surface area contributed by atoms with Crippen molar-refractivity contribution in [2.24, 2.45) is 0 Å². The Morgan fingerprint density at radius 1 is 1.20 bits per heavy atom. The molecule has 1 aliphatic rings.